The number of esters is 3. The molecule has 0 saturated carbocycles. The molecule has 0 amide bonds. The van der Waals surface area contributed by atoms with Gasteiger partial charge in [-0.1, -0.05) is 60.7 Å². The van der Waals surface area contributed by atoms with Crippen molar-refractivity contribution in [2.45, 2.75) is 115 Å². The van der Waals surface area contributed by atoms with Crippen LogP contribution in [0.3, 0.4) is 0 Å². The lowest BCUT2D eigenvalue weighted by atomic mass is 9.85. The second-order valence-corrected chi connectivity index (χ2v) is 13.7. The molecule has 3 aliphatic rings. The highest BCUT2D eigenvalue weighted by molar-refractivity contribution is 5.88. The zero-order chi connectivity index (χ0) is 33.0. The van der Waals surface area contributed by atoms with E-state index in [-0.39, 0.29) is 18.9 Å². The number of carbonyl (C=O) groups is 4. The highest BCUT2D eigenvalue weighted by Gasteiger charge is 2.57. The van der Waals surface area contributed by atoms with Gasteiger partial charge in [0.05, 0.1) is 38.0 Å². The molecule has 3 fully saturated rings. The largest absolute Gasteiger partial charge is 0.513 e. The molecule has 2 bridgehead atoms. The molecule has 5 rings (SSSR count). The van der Waals surface area contributed by atoms with Crippen LogP contribution in [0.25, 0.3) is 0 Å². The molecule has 0 N–H and O–H groups in total. The van der Waals surface area contributed by atoms with E-state index in [4.69, 9.17) is 23.7 Å². The average molecular weight is 637 g/mol. The molecule has 3 unspecified atom stereocenters. The van der Waals surface area contributed by atoms with Crippen LogP contribution in [0.4, 0.5) is 4.79 Å². The molecule has 3 aliphatic heterocycles. The Morgan fingerprint density at radius 3 is 1.80 bits per heavy atom. The van der Waals surface area contributed by atoms with Crippen LogP contribution in [-0.2, 0) is 43.7 Å². The quantitative estimate of drug-likeness (QED) is 0.135. The van der Waals surface area contributed by atoms with Gasteiger partial charge < -0.3 is 28.2 Å². The predicted octanol–water partition coefficient (Wildman–Crippen LogP) is 5.94. The van der Waals surface area contributed by atoms with Crippen LogP contribution in [0, 0.1) is 0 Å². The molecule has 1 spiro atoms. The molecule has 3 saturated heterocycles. The zero-order valence-corrected chi connectivity index (χ0v) is 27.3. The maximum absolute atomic E-state index is 14.4. The maximum atomic E-state index is 14.4. The number of rotatable bonds is 10. The van der Waals surface area contributed by atoms with Crippen molar-refractivity contribution in [2.75, 3.05) is 13.1 Å². The van der Waals surface area contributed by atoms with E-state index in [1.54, 1.807) is 81.4 Å². The molecule has 2 aromatic carbocycles. The lowest BCUT2D eigenvalue weighted by Crippen LogP contribution is -2.60. The Balaban J connectivity index is 1.32. The van der Waals surface area contributed by atoms with Gasteiger partial charge in [0.25, 0.3) is 5.60 Å². The Labute approximate surface area is 270 Å². The second kappa shape index (κ2) is 13.8. The van der Waals surface area contributed by atoms with Crippen molar-refractivity contribution in [1.82, 2.24) is 0 Å². The summed E-state index contributed by atoms with van der Waals surface area (Å²) in [4.78, 5) is 52.2. The second-order valence-electron chi connectivity index (χ2n) is 13.7. The summed E-state index contributed by atoms with van der Waals surface area (Å²) in [7, 11) is 0. The molecule has 3 heterocycles. The van der Waals surface area contributed by atoms with Crippen molar-refractivity contribution < 1.29 is 47.3 Å². The van der Waals surface area contributed by atoms with E-state index in [9.17, 15) is 19.2 Å². The smallest absolute Gasteiger partial charge is 0.460 e. The minimum Gasteiger partial charge on any atom is -0.460 e. The van der Waals surface area contributed by atoms with Gasteiger partial charge in [0, 0.05) is 56.6 Å². The van der Waals surface area contributed by atoms with Crippen LogP contribution in [0.1, 0.15) is 90.2 Å². The summed E-state index contributed by atoms with van der Waals surface area (Å²) in [6, 6.07) is 18.4. The summed E-state index contributed by atoms with van der Waals surface area (Å²) in [5.74, 6) is -2.01. The van der Waals surface area contributed by atoms with Gasteiger partial charge in [0.1, 0.15) is 11.7 Å². The summed E-state index contributed by atoms with van der Waals surface area (Å²) in [6.45, 7) is 8.95. The first kappa shape index (κ1) is 33.4. The van der Waals surface area contributed by atoms with Gasteiger partial charge in [0.15, 0.2) is 0 Å². The molecule has 0 aromatic heterocycles. The third-order valence-electron chi connectivity index (χ3n) is 9.43. The Bertz CT molecular complexity index is 1330. The summed E-state index contributed by atoms with van der Waals surface area (Å²) in [5.41, 5.74) is -1.87. The monoisotopic (exact) mass is 636 g/mol. The SMILES string of the molecule is CC(OC(=O)CCC(=O)OC(C)(C)C)OC(=O)OC(C(=O)OC1CC2CCC(C1)[N+]21CCCC1)(c1ccccc1)c1ccccc1. The lowest BCUT2D eigenvalue weighted by Gasteiger charge is -2.47. The topological polar surface area (TPSA) is 114 Å². The molecular weight excluding hydrogens is 590 g/mol. The standard InChI is InChI=1S/C36H46NO9/c1-25(42-31(38)19-20-32(39)45-35(2,3)4)43-34(41)46-36(26-13-7-5-8-14-26,27-15-9-6-10-16-27)33(40)44-30-23-28-17-18-29(24-30)37(28)21-11-12-22-37/h5-10,13-16,25,28-30H,11-12,17-24H2,1-4H3/q+1. The fourth-order valence-electron chi connectivity index (χ4n) is 7.60. The first-order chi connectivity index (χ1) is 21.9. The number of piperidine rings is 1. The van der Waals surface area contributed by atoms with Crippen molar-refractivity contribution >= 4 is 24.1 Å². The number of carbonyl (C=O) groups excluding carboxylic acids is 4. The number of hydrogen-bond acceptors (Lipinski definition) is 9. The van der Waals surface area contributed by atoms with Crippen LogP contribution in [0.2, 0.25) is 0 Å². The van der Waals surface area contributed by atoms with E-state index in [1.165, 1.54) is 32.9 Å². The average Bonchev–Trinajstić information content (AvgIpc) is 3.55. The summed E-state index contributed by atoms with van der Waals surface area (Å²) in [5, 5.41) is 0. The van der Waals surface area contributed by atoms with Crippen LogP contribution >= 0.6 is 0 Å². The number of ether oxygens (including phenoxy) is 5. The third-order valence-corrected chi connectivity index (χ3v) is 9.43. The molecular formula is C36H46NO9+. The molecule has 2 aromatic rings. The molecule has 0 radical (unpaired) electrons. The van der Waals surface area contributed by atoms with Gasteiger partial charge in [-0.2, -0.15) is 0 Å². The molecule has 46 heavy (non-hydrogen) atoms. The Morgan fingerprint density at radius 2 is 1.28 bits per heavy atom. The highest BCUT2D eigenvalue weighted by atomic mass is 16.8. The summed E-state index contributed by atoms with van der Waals surface area (Å²) >= 11 is 0. The molecule has 0 aliphatic carbocycles. The molecule has 3 atom stereocenters. The van der Waals surface area contributed by atoms with E-state index >= 15 is 0 Å². The lowest BCUT2D eigenvalue weighted by molar-refractivity contribution is -0.956. The van der Waals surface area contributed by atoms with E-state index in [0.29, 0.717) is 23.2 Å². The minimum absolute atomic E-state index is 0.187. The first-order valence-corrected chi connectivity index (χ1v) is 16.4. The zero-order valence-electron chi connectivity index (χ0n) is 27.3. The van der Waals surface area contributed by atoms with Gasteiger partial charge in [-0.25, -0.2) is 9.59 Å². The van der Waals surface area contributed by atoms with Crippen molar-refractivity contribution in [3.63, 3.8) is 0 Å². The fraction of sp³-hybridized carbons (Fsp3) is 0.556. The Morgan fingerprint density at radius 1 is 0.761 bits per heavy atom. The summed E-state index contributed by atoms with van der Waals surface area (Å²) < 4.78 is 29.2. The fourth-order valence-corrected chi connectivity index (χ4v) is 7.60. The van der Waals surface area contributed by atoms with Crippen LogP contribution < -0.4 is 0 Å². The number of quaternary nitrogens is 1. The number of nitrogens with zero attached hydrogens (tertiary/aromatic N) is 1. The van der Waals surface area contributed by atoms with Gasteiger partial charge in [0.2, 0.25) is 6.29 Å². The third kappa shape index (κ3) is 7.38. The van der Waals surface area contributed by atoms with E-state index < -0.39 is 41.6 Å². The highest BCUT2D eigenvalue weighted by Crippen LogP contribution is 2.47. The van der Waals surface area contributed by atoms with Crippen LogP contribution in [0.15, 0.2) is 60.7 Å². The van der Waals surface area contributed by atoms with Crippen LogP contribution in [0.5, 0.6) is 0 Å². The maximum Gasteiger partial charge on any atom is 0.513 e. The molecule has 10 heteroatoms. The summed E-state index contributed by atoms with van der Waals surface area (Å²) in [6.07, 6.45) is 3.01. The van der Waals surface area contributed by atoms with Gasteiger partial charge in [-0.3, -0.25) is 9.59 Å². The van der Waals surface area contributed by atoms with E-state index in [1.807, 2.05) is 0 Å². The minimum atomic E-state index is -1.98. The van der Waals surface area contributed by atoms with Gasteiger partial charge >= 0.3 is 24.1 Å². The van der Waals surface area contributed by atoms with E-state index in [2.05, 4.69) is 0 Å². The van der Waals surface area contributed by atoms with Crippen molar-refractivity contribution in [3.05, 3.63) is 71.8 Å². The number of benzene rings is 2. The van der Waals surface area contributed by atoms with Gasteiger partial charge in [-0.05, 0) is 20.8 Å². The first-order valence-electron chi connectivity index (χ1n) is 16.4. The number of hydrogen-bond donors (Lipinski definition) is 0. The molecule has 248 valence electrons. The van der Waals surface area contributed by atoms with Crippen molar-refractivity contribution in [2.24, 2.45) is 0 Å². The Kier molecular flexibility index (Phi) is 10.1. The van der Waals surface area contributed by atoms with Crippen LogP contribution in [-0.4, -0.2) is 71.7 Å². The Hall–Kier alpha value is -3.92. The van der Waals surface area contributed by atoms with Crippen molar-refractivity contribution in [3.8, 4) is 0 Å². The normalized spacial score (nSPS) is 22.5. The molecule has 10 nitrogen and oxygen atoms in total. The van der Waals surface area contributed by atoms with Crippen molar-refractivity contribution in [1.29, 1.82) is 0 Å². The predicted molar refractivity (Wildman–Crippen MR) is 167 cm³/mol. The van der Waals surface area contributed by atoms with E-state index in [0.717, 1.165) is 30.2 Å². The van der Waals surface area contributed by atoms with Gasteiger partial charge in [-0.15, -0.1) is 0 Å².